The molecule has 0 aliphatic rings. The maximum atomic E-state index is 12.1. The summed E-state index contributed by atoms with van der Waals surface area (Å²) in [6, 6.07) is 15.2. The fourth-order valence-electron chi connectivity index (χ4n) is 2.77. The second-order valence-corrected chi connectivity index (χ2v) is 7.45. The highest BCUT2D eigenvalue weighted by Crippen LogP contribution is 2.28. The number of esters is 1. The molecule has 0 unspecified atom stereocenters. The van der Waals surface area contributed by atoms with Gasteiger partial charge in [-0.2, -0.15) is 5.10 Å². The minimum atomic E-state index is -0.643. The number of hydrogen-bond acceptors (Lipinski definition) is 7. The maximum Gasteiger partial charge on any atom is 0.331 e. The molecule has 0 saturated heterocycles. The first-order valence-corrected chi connectivity index (χ1v) is 10.2. The molecule has 4 aromatic rings. The molecule has 1 aromatic carbocycles. The lowest BCUT2D eigenvalue weighted by Crippen LogP contribution is -2.20. The van der Waals surface area contributed by atoms with Gasteiger partial charge in [-0.1, -0.05) is 29.4 Å². The number of nitrogens with one attached hydrogen (secondary N) is 1. The minimum absolute atomic E-state index is 0.267. The molecule has 3 heterocycles. The van der Waals surface area contributed by atoms with Crippen LogP contribution in [0.15, 0.2) is 70.7 Å². The van der Waals surface area contributed by atoms with E-state index in [-0.39, 0.29) is 5.82 Å². The third-order valence-electron chi connectivity index (χ3n) is 4.16. The highest BCUT2D eigenvalue weighted by Gasteiger charge is 2.13. The number of rotatable bonds is 7. The van der Waals surface area contributed by atoms with Crippen molar-refractivity contribution >= 4 is 35.1 Å². The zero-order valence-electron chi connectivity index (χ0n) is 16.5. The minimum Gasteiger partial charge on any atom is -0.452 e. The molecule has 0 bridgehead atoms. The Morgan fingerprint density at radius 2 is 2.06 bits per heavy atom. The van der Waals surface area contributed by atoms with Crippen LogP contribution in [0.25, 0.3) is 22.3 Å². The van der Waals surface area contributed by atoms with E-state index in [0.29, 0.717) is 5.76 Å². The van der Waals surface area contributed by atoms with Gasteiger partial charge in [0.1, 0.15) is 11.5 Å². The van der Waals surface area contributed by atoms with E-state index in [9.17, 15) is 9.59 Å². The Hall–Kier alpha value is -3.98. The van der Waals surface area contributed by atoms with Gasteiger partial charge in [0.05, 0.1) is 10.6 Å². The lowest BCUT2D eigenvalue weighted by molar-refractivity contribution is -0.142. The van der Waals surface area contributed by atoms with Crippen LogP contribution in [0.5, 0.6) is 0 Å². The molecule has 0 spiro atoms. The standard InChI is InChI=1S/C22H18N4O4S/c1-15-12-19(25-30-15)23-20(27)14-29-21(28)10-9-16-13-26(17-6-3-2-4-7-17)24-22(16)18-8-5-11-31-18/h2-13H,14H2,1H3,(H,23,25,27)/b10-9+. The Kier molecular flexibility index (Phi) is 6.04. The van der Waals surface area contributed by atoms with Gasteiger partial charge in [0.25, 0.3) is 5.91 Å². The lowest BCUT2D eigenvalue weighted by atomic mass is 10.2. The first kappa shape index (κ1) is 20.3. The van der Waals surface area contributed by atoms with Gasteiger partial charge in [-0.25, -0.2) is 9.48 Å². The van der Waals surface area contributed by atoms with Gasteiger partial charge in [0, 0.05) is 23.9 Å². The number of aromatic nitrogens is 3. The normalized spacial score (nSPS) is 11.0. The molecule has 31 heavy (non-hydrogen) atoms. The van der Waals surface area contributed by atoms with E-state index in [0.717, 1.165) is 21.8 Å². The third-order valence-corrected chi connectivity index (χ3v) is 5.03. The summed E-state index contributed by atoms with van der Waals surface area (Å²) >= 11 is 1.56. The Morgan fingerprint density at radius 1 is 1.23 bits per heavy atom. The zero-order chi connectivity index (χ0) is 21.6. The van der Waals surface area contributed by atoms with Crippen molar-refractivity contribution in [3.05, 3.63) is 77.5 Å². The molecule has 0 radical (unpaired) electrons. The van der Waals surface area contributed by atoms with E-state index < -0.39 is 18.5 Å². The number of carbonyl (C=O) groups excluding carboxylic acids is 2. The predicted molar refractivity (Wildman–Crippen MR) is 117 cm³/mol. The van der Waals surface area contributed by atoms with E-state index in [4.69, 9.17) is 9.26 Å². The molecule has 0 saturated carbocycles. The summed E-state index contributed by atoms with van der Waals surface area (Å²) in [6.45, 7) is 1.27. The van der Waals surface area contributed by atoms with E-state index >= 15 is 0 Å². The molecular formula is C22H18N4O4S. The number of aryl methyl sites for hydroxylation is 1. The van der Waals surface area contributed by atoms with Crippen LogP contribution in [0.1, 0.15) is 11.3 Å². The van der Waals surface area contributed by atoms with Gasteiger partial charge in [0.15, 0.2) is 12.4 Å². The van der Waals surface area contributed by atoms with Gasteiger partial charge < -0.3 is 14.6 Å². The monoisotopic (exact) mass is 434 g/mol. The second-order valence-electron chi connectivity index (χ2n) is 6.50. The summed E-state index contributed by atoms with van der Waals surface area (Å²) in [6.07, 6.45) is 4.74. The van der Waals surface area contributed by atoms with Crippen LogP contribution < -0.4 is 5.32 Å². The average molecular weight is 434 g/mol. The Labute approximate surface area is 181 Å². The van der Waals surface area contributed by atoms with Crippen LogP contribution in [-0.2, 0) is 14.3 Å². The Bertz CT molecular complexity index is 1210. The molecule has 156 valence electrons. The summed E-state index contributed by atoms with van der Waals surface area (Å²) < 4.78 is 11.6. The quantitative estimate of drug-likeness (QED) is 0.347. The van der Waals surface area contributed by atoms with Crippen molar-refractivity contribution in [2.75, 3.05) is 11.9 Å². The summed E-state index contributed by atoms with van der Waals surface area (Å²) in [5.74, 6) is -0.321. The summed E-state index contributed by atoms with van der Waals surface area (Å²) in [4.78, 5) is 24.9. The van der Waals surface area contributed by atoms with Crippen LogP contribution >= 0.6 is 11.3 Å². The third kappa shape index (κ3) is 5.14. The number of para-hydroxylation sites is 1. The first-order chi connectivity index (χ1) is 15.1. The fourth-order valence-corrected chi connectivity index (χ4v) is 3.51. The van der Waals surface area contributed by atoms with E-state index in [1.165, 1.54) is 6.08 Å². The molecule has 1 amide bonds. The molecule has 0 fully saturated rings. The number of anilines is 1. The molecule has 0 aliphatic carbocycles. The molecule has 9 heteroatoms. The largest absolute Gasteiger partial charge is 0.452 e. The average Bonchev–Trinajstić information content (AvgIpc) is 3.52. The van der Waals surface area contributed by atoms with Crippen molar-refractivity contribution in [3.8, 4) is 16.3 Å². The molecule has 1 N–H and O–H groups in total. The fraction of sp³-hybridized carbons (Fsp3) is 0.0909. The van der Waals surface area contributed by atoms with Gasteiger partial charge in [0.2, 0.25) is 0 Å². The summed E-state index contributed by atoms with van der Waals surface area (Å²) in [5.41, 5.74) is 2.41. The molecular weight excluding hydrogens is 416 g/mol. The van der Waals surface area contributed by atoms with Crippen molar-refractivity contribution in [1.29, 1.82) is 0 Å². The van der Waals surface area contributed by atoms with Crippen LogP contribution in [-0.4, -0.2) is 33.4 Å². The molecule has 0 aliphatic heterocycles. The number of ether oxygens (including phenoxy) is 1. The topological polar surface area (TPSA) is 99.2 Å². The Balaban J connectivity index is 1.44. The van der Waals surface area contributed by atoms with E-state index in [1.807, 2.05) is 54.0 Å². The van der Waals surface area contributed by atoms with Crippen molar-refractivity contribution in [1.82, 2.24) is 14.9 Å². The SMILES string of the molecule is Cc1cc(NC(=O)COC(=O)/C=C/c2cn(-c3ccccc3)nc2-c2cccs2)no1. The van der Waals surface area contributed by atoms with Crippen LogP contribution in [0, 0.1) is 6.92 Å². The number of benzene rings is 1. The van der Waals surface area contributed by atoms with Gasteiger partial charge in [-0.05, 0) is 36.6 Å². The van der Waals surface area contributed by atoms with E-state index in [1.54, 1.807) is 35.1 Å². The van der Waals surface area contributed by atoms with Crippen molar-refractivity contribution in [2.24, 2.45) is 0 Å². The Morgan fingerprint density at radius 3 is 2.77 bits per heavy atom. The first-order valence-electron chi connectivity index (χ1n) is 9.35. The van der Waals surface area contributed by atoms with Gasteiger partial charge in [-0.3, -0.25) is 4.79 Å². The number of amides is 1. The van der Waals surface area contributed by atoms with E-state index in [2.05, 4.69) is 15.6 Å². The van der Waals surface area contributed by atoms with Gasteiger partial charge in [-0.15, -0.1) is 11.3 Å². The lowest BCUT2D eigenvalue weighted by Gasteiger charge is -2.01. The highest BCUT2D eigenvalue weighted by molar-refractivity contribution is 7.13. The number of thiophene rings is 1. The summed E-state index contributed by atoms with van der Waals surface area (Å²) in [7, 11) is 0. The maximum absolute atomic E-state index is 12.1. The van der Waals surface area contributed by atoms with Crippen molar-refractivity contribution < 1.29 is 18.8 Å². The predicted octanol–water partition coefficient (Wildman–Crippen LogP) is 4.09. The van der Waals surface area contributed by atoms with Crippen molar-refractivity contribution in [3.63, 3.8) is 0 Å². The summed E-state index contributed by atoms with van der Waals surface area (Å²) in [5, 5.41) is 12.8. The van der Waals surface area contributed by atoms with Crippen LogP contribution in [0.4, 0.5) is 5.82 Å². The molecule has 4 rings (SSSR count). The van der Waals surface area contributed by atoms with Gasteiger partial charge >= 0.3 is 5.97 Å². The van der Waals surface area contributed by atoms with Crippen LogP contribution in [0.2, 0.25) is 0 Å². The molecule has 8 nitrogen and oxygen atoms in total. The number of nitrogens with zero attached hydrogens (tertiary/aromatic N) is 3. The molecule has 3 aromatic heterocycles. The van der Waals surface area contributed by atoms with Crippen LogP contribution in [0.3, 0.4) is 0 Å². The zero-order valence-corrected chi connectivity index (χ0v) is 17.3. The smallest absolute Gasteiger partial charge is 0.331 e. The van der Waals surface area contributed by atoms with Crippen molar-refractivity contribution in [2.45, 2.75) is 6.92 Å². The molecule has 0 atom stereocenters. The highest BCUT2D eigenvalue weighted by atomic mass is 32.1. The second kappa shape index (κ2) is 9.23. The number of hydrogen-bond donors (Lipinski definition) is 1. The number of carbonyl (C=O) groups is 2.